The van der Waals surface area contributed by atoms with Gasteiger partial charge in [-0.2, -0.15) is 0 Å². The number of amides is 1. The minimum absolute atomic E-state index is 0.0191. The van der Waals surface area contributed by atoms with Gasteiger partial charge in [0, 0.05) is 6.54 Å². The second-order valence-corrected chi connectivity index (χ2v) is 7.29. The molecular formula is C18H20N4O3S. The third-order valence-electron chi connectivity index (χ3n) is 4.71. The number of aromatic nitrogens is 2. The number of fused-ring (bicyclic) bond motifs is 1. The number of nitrogens with one attached hydrogen (secondary N) is 1. The summed E-state index contributed by atoms with van der Waals surface area (Å²) >= 11 is 1.41. The van der Waals surface area contributed by atoms with E-state index in [0.29, 0.717) is 16.8 Å². The van der Waals surface area contributed by atoms with Crippen LogP contribution >= 0.6 is 11.3 Å². The molecule has 1 saturated heterocycles. The quantitative estimate of drug-likeness (QED) is 0.716. The molecule has 1 fully saturated rings. The van der Waals surface area contributed by atoms with Crippen molar-refractivity contribution in [2.45, 2.75) is 25.4 Å². The number of thiophene rings is 1. The summed E-state index contributed by atoms with van der Waals surface area (Å²) in [4.78, 5) is 32.0. The Balaban J connectivity index is 1.43. The van der Waals surface area contributed by atoms with Gasteiger partial charge in [-0.3, -0.25) is 19.1 Å². The van der Waals surface area contributed by atoms with Crippen molar-refractivity contribution < 1.29 is 9.21 Å². The van der Waals surface area contributed by atoms with Gasteiger partial charge in [0.1, 0.15) is 17.1 Å². The topological polar surface area (TPSA) is 80.4 Å². The predicted octanol–water partition coefficient (Wildman–Crippen LogP) is 2.00. The first-order valence-electron chi connectivity index (χ1n) is 8.69. The van der Waals surface area contributed by atoms with Crippen molar-refractivity contribution in [2.24, 2.45) is 0 Å². The summed E-state index contributed by atoms with van der Waals surface area (Å²) in [5.41, 5.74) is -0.187. The van der Waals surface area contributed by atoms with Crippen molar-refractivity contribution in [3.05, 3.63) is 52.3 Å². The third-order valence-corrected chi connectivity index (χ3v) is 5.53. The molecule has 26 heavy (non-hydrogen) atoms. The van der Waals surface area contributed by atoms with Gasteiger partial charge in [-0.15, -0.1) is 11.3 Å². The maximum atomic E-state index is 12.4. The summed E-state index contributed by atoms with van der Waals surface area (Å²) in [5.74, 6) is 0.643. The first-order valence-corrected chi connectivity index (χ1v) is 9.57. The molecule has 3 aromatic heterocycles. The highest BCUT2D eigenvalue weighted by atomic mass is 32.1. The molecule has 0 spiro atoms. The first kappa shape index (κ1) is 17.0. The van der Waals surface area contributed by atoms with Crippen LogP contribution in [0.15, 0.2) is 45.4 Å². The molecule has 0 bridgehead atoms. The van der Waals surface area contributed by atoms with Crippen LogP contribution in [0.2, 0.25) is 0 Å². The minimum Gasteiger partial charge on any atom is -0.468 e. The van der Waals surface area contributed by atoms with E-state index in [9.17, 15) is 9.59 Å². The Kier molecular flexibility index (Phi) is 4.85. The maximum absolute atomic E-state index is 12.4. The fraction of sp³-hybridized carbons (Fsp3) is 0.389. The number of carbonyl (C=O) groups excluding carboxylic acids is 1. The molecule has 1 amide bonds. The normalized spacial score (nSPS) is 16.2. The molecule has 8 heteroatoms. The van der Waals surface area contributed by atoms with E-state index in [-0.39, 0.29) is 24.1 Å². The van der Waals surface area contributed by atoms with Crippen LogP contribution in [-0.2, 0) is 11.3 Å². The van der Waals surface area contributed by atoms with E-state index in [1.165, 1.54) is 22.2 Å². The molecule has 3 aromatic rings. The van der Waals surface area contributed by atoms with Crippen molar-refractivity contribution in [3.63, 3.8) is 0 Å². The highest BCUT2D eigenvalue weighted by Crippen LogP contribution is 2.24. The molecule has 136 valence electrons. The number of hydrogen-bond acceptors (Lipinski definition) is 6. The lowest BCUT2D eigenvalue weighted by Crippen LogP contribution is -2.39. The average Bonchev–Trinajstić information content (AvgIpc) is 3.40. The van der Waals surface area contributed by atoms with Crippen LogP contribution in [0.3, 0.4) is 0 Å². The Hall–Kier alpha value is -2.45. The molecule has 7 nitrogen and oxygen atoms in total. The molecule has 1 N–H and O–H groups in total. The van der Waals surface area contributed by atoms with Crippen LogP contribution in [0.25, 0.3) is 10.2 Å². The Labute approximate surface area is 154 Å². The van der Waals surface area contributed by atoms with Gasteiger partial charge in [0.05, 0.1) is 24.0 Å². The zero-order valence-electron chi connectivity index (χ0n) is 14.3. The predicted molar refractivity (Wildman–Crippen MR) is 99.1 cm³/mol. The van der Waals surface area contributed by atoms with Crippen LogP contribution in [0, 0.1) is 0 Å². The monoisotopic (exact) mass is 372 g/mol. The Morgan fingerprint density at radius 3 is 2.96 bits per heavy atom. The van der Waals surface area contributed by atoms with E-state index >= 15 is 0 Å². The highest BCUT2D eigenvalue weighted by molar-refractivity contribution is 7.16. The van der Waals surface area contributed by atoms with Gasteiger partial charge in [-0.05, 0) is 49.5 Å². The summed E-state index contributed by atoms with van der Waals surface area (Å²) in [6.07, 6.45) is 5.41. The standard InChI is InChI=1S/C18H20N4O3S/c23-16(11-22-12-20-17-13(18(22)24)5-9-26-17)19-10-14(15-4-3-8-25-15)21-6-1-2-7-21/h3-5,8-9,12,14H,1-2,6-7,10-11H2,(H,19,23)/t14-/m0/s1. The Morgan fingerprint density at radius 2 is 2.19 bits per heavy atom. The molecule has 4 heterocycles. The lowest BCUT2D eigenvalue weighted by Gasteiger charge is -2.26. The Bertz CT molecular complexity index is 941. The molecule has 4 rings (SSSR count). The third kappa shape index (κ3) is 3.42. The summed E-state index contributed by atoms with van der Waals surface area (Å²) < 4.78 is 6.91. The lowest BCUT2D eigenvalue weighted by atomic mass is 10.2. The number of rotatable bonds is 6. The molecule has 1 aliphatic heterocycles. The zero-order chi connectivity index (χ0) is 17.9. The summed E-state index contributed by atoms with van der Waals surface area (Å²) in [5, 5.41) is 5.32. The second-order valence-electron chi connectivity index (χ2n) is 6.40. The molecule has 0 unspecified atom stereocenters. The van der Waals surface area contributed by atoms with E-state index < -0.39 is 0 Å². The fourth-order valence-corrected chi connectivity index (χ4v) is 4.09. The SMILES string of the molecule is O=C(Cn1cnc2sccc2c1=O)NC[C@@H](c1ccco1)N1CCCC1. The fourth-order valence-electron chi connectivity index (χ4n) is 3.37. The molecule has 0 aromatic carbocycles. The smallest absolute Gasteiger partial charge is 0.262 e. The van der Waals surface area contributed by atoms with Crippen molar-refractivity contribution in [2.75, 3.05) is 19.6 Å². The van der Waals surface area contributed by atoms with Crippen LogP contribution in [0.5, 0.6) is 0 Å². The first-order chi connectivity index (χ1) is 12.7. The molecule has 1 atom stereocenters. The molecule has 0 aliphatic carbocycles. The Morgan fingerprint density at radius 1 is 1.35 bits per heavy atom. The van der Waals surface area contributed by atoms with E-state index in [0.717, 1.165) is 31.7 Å². The molecular weight excluding hydrogens is 352 g/mol. The zero-order valence-corrected chi connectivity index (χ0v) is 15.1. The number of carbonyl (C=O) groups is 1. The molecule has 1 aliphatic rings. The second kappa shape index (κ2) is 7.43. The summed E-state index contributed by atoms with van der Waals surface area (Å²) in [6, 6.07) is 5.56. The van der Waals surface area contributed by atoms with Crippen molar-refractivity contribution in [1.82, 2.24) is 19.8 Å². The van der Waals surface area contributed by atoms with Gasteiger partial charge < -0.3 is 9.73 Å². The largest absolute Gasteiger partial charge is 0.468 e. The van der Waals surface area contributed by atoms with Gasteiger partial charge in [-0.1, -0.05) is 0 Å². The number of furan rings is 1. The van der Waals surface area contributed by atoms with Crippen molar-refractivity contribution in [1.29, 1.82) is 0 Å². The van der Waals surface area contributed by atoms with E-state index in [4.69, 9.17) is 4.42 Å². The number of nitrogens with zero attached hydrogens (tertiary/aromatic N) is 3. The van der Waals surface area contributed by atoms with E-state index in [2.05, 4.69) is 15.2 Å². The highest BCUT2D eigenvalue weighted by Gasteiger charge is 2.26. The summed E-state index contributed by atoms with van der Waals surface area (Å²) in [6.45, 7) is 2.41. The summed E-state index contributed by atoms with van der Waals surface area (Å²) in [7, 11) is 0. The number of likely N-dealkylation sites (tertiary alicyclic amines) is 1. The van der Waals surface area contributed by atoms with Gasteiger partial charge in [0.2, 0.25) is 5.91 Å². The number of hydrogen-bond donors (Lipinski definition) is 1. The molecule has 0 saturated carbocycles. The van der Waals surface area contributed by atoms with Gasteiger partial charge in [0.15, 0.2) is 0 Å². The van der Waals surface area contributed by atoms with E-state index in [1.54, 1.807) is 12.3 Å². The van der Waals surface area contributed by atoms with Crippen molar-refractivity contribution >= 4 is 27.5 Å². The lowest BCUT2D eigenvalue weighted by molar-refractivity contribution is -0.122. The van der Waals surface area contributed by atoms with Gasteiger partial charge in [0.25, 0.3) is 5.56 Å². The van der Waals surface area contributed by atoms with Gasteiger partial charge >= 0.3 is 0 Å². The average molecular weight is 372 g/mol. The molecule has 0 radical (unpaired) electrons. The van der Waals surface area contributed by atoms with E-state index in [1.807, 2.05) is 17.5 Å². The van der Waals surface area contributed by atoms with Crippen LogP contribution in [0.1, 0.15) is 24.6 Å². The van der Waals surface area contributed by atoms with Crippen molar-refractivity contribution in [3.8, 4) is 0 Å². The van der Waals surface area contributed by atoms with Gasteiger partial charge in [-0.25, -0.2) is 4.98 Å². The maximum Gasteiger partial charge on any atom is 0.262 e. The minimum atomic E-state index is -0.209. The van der Waals surface area contributed by atoms with Crippen LogP contribution < -0.4 is 10.9 Å². The van der Waals surface area contributed by atoms with Crippen LogP contribution in [0.4, 0.5) is 0 Å². The van der Waals surface area contributed by atoms with Crippen LogP contribution in [-0.4, -0.2) is 40.0 Å².